The SMILES string of the molecule is N#C[C@@H]1CCN(c2ccnc(-c3cnc4cnc(C(F)(F)F)cn34)n2)C1. The van der Waals surface area contributed by atoms with Gasteiger partial charge in [0.1, 0.15) is 11.5 Å². The molecule has 3 aromatic rings. The normalized spacial score (nSPS) is 17.6. The zero-order valence-electron chi connectivity index (χ0n) is 13.3. The smallest absolute Gasteiger partial charge is 0.355 e. The minimum atomic E-state index is -4.56. The minimum absolute atomic E-state index is 0.0513. The first-order chi connectivity index (χ1) is 12.5. The van der Waals surface area contributed by atoms with Crippen LogP contribution >= 0.6 is 0 Å². The average Bonchev–Trinajstić information content (AvgIpc) is 3.27. The largest absolute Gasteiger partial charge is 0.434 e. The number of aromatic nitrogens is 5. The van der Waals surface area contributed by atoms with Gasteiger partial charge in [-0.15, -0.1) is 0 Å². The second-order valence-electron chi connectivity index (χ2n) is 5.94. The summed E-state index contributed by atoms with van der Waals surface area (Å²) in [4.78, 5) is 18.0. The summed E-state index contributed by atoms with van der Waals surface area (Å²) in [5, 5.41) is 9.03. The second kappa shape index (κ2) is 5.94. The third-order valence-corrected chi connectivity index (χ3v) is 4.25. The maximum absolute atomic E-state index is 12.9. The van der Waals surface area contributed by atoms with E-state index < -0.39 is 11.9 Å². The number of imidazole rings is 1. The van der Waals surface area contributed by atoms with E-state index in [9.17, 15) is 13.2 Å². The Hall–Kier alpha value is -3.22. The average molecular weight is 359 g/mol. The first-order valence-corrected chi connectivity index (χ1v) is 7.84. The molecule has 0 radical (unpaired) electrons. The van der Waals surface area contributed by atoms with Gasteiger partial charge in [0, 0.05) is 25.5 Å². The van der Waals surface area contributed by atoms with Crippen LogP contribution in [0, 0.1) is 17.2 Å². The zero-order valence-corrected chi connectivity index (χ0v) is 13.3. The molecule has 10 heteroatoms. The Balaban J connectivity index is 1.74. The number of halogens is 3. The van der Waals surface area contributed by atoms with Crippen LogP contribution in [-0.4, -0.2) is 37.4 Å². The maximum Gasteiger partial charge on any atom is 0.434 e. The summed E-state index contributed by atoms with van der Waals surface area (Å²) in [6, 6.07) is 3.96. The van der Waals surface area contributed by atoms with Crippen LogP contribution in [0.2, 0.25) is 0 Å². The monoisotopic (exact) mass is 359 g/mol. The molecule has 1 fully saturated rings. The molecular formula is C16H12F3N7. The number of fused-ring (bicyclic) bond motifs is 1. The summed E-state index contributed by atoms with van der Waals surface area (Å²) in [5.74, 6) is 0.840. The highest BCUT2D eigenvalue weighted by atomic mass is 19.4. The van der Waals surface area contributed by atoms with E-state index in [1.54, 1.807) is 12.3 Å². The molecule has 26 heavy (non-hydrogen) atoms. The molecule has 1 atom stereocenters. The van der Waals surface area contributed by atoms with Crippen LogP contribution in [0.25, 0.3) is 17.2 Å². The van der Waals surface area contributed by atoms with E-state index in [1.165, 1.54) is 10.6 Å². The first-order valence-electron chi connectivity index (χ1n) is 7.84. The van der Waals surface area contributed by atoms with Crippen molar-refractivity contribution >= 4 is 11.5 Å². The van der Waals surface area contributed by atoms with E-state index in [-0.39, 0.29) is 17.4 Å². The van der Waals surface area contributed by atoms with Crippen LogP contribution in [0.15, 0.2) is 30.9 Å². The molecule has 0 spiro atoms. The highest BCUT2D eigenvalue weighted by Gasteiger charge is 2.33. The molecule has 0 bridgehead atoms. The van der Waals surface area contributed by atoms with E-state index in [2.05, 4.69) is 26.0 Å². The van der Waals surface area contributed by atoms with Gasteiger partial charge in [-0.05, 0) is 12.5 Å². The van der Waals surface area contributed by atoms with Crippen molar-refractivity contribution in [2.75, 3.05) is 18.0 Å². The van der Waals surface area contributed by atoms with E-state index in [0.29, 0.717) is 24.6 Å². The van der Waals surface area contributed by atoms with Gasteiger partial charge >= 0.3 is 6.18 Å². The summed E-state index contributed by atoms with van der Waals surface area (Å²) < 4.78 is 40.1. The Morgan fingerprint density at radius 3 is 2.77 bits per heavy atom. The Kier molecular flexibility index (Phi) is 3.72. The van der Waals surface area contributed by atoms with Crippen molar-refractivity contribution in [3.05, 3.63) is 36.5 Å². The lowest BCUT2D eigenvalue weighted by Crippen LogP contribution is -2.20. The molecule has 1 aliphatic rings. The molecule has 4 rings (SSSR count). The van der Waals surface area contributed by atoms with E-state index in [4.69, 9.17) is 5.26 Å². The van der Waals surface area contributed by atoms with Crippen molar-refractivity contribution < 1.29 is 13.2 Å². The second-order valence-corrected chi connectivity index (χ2v) is 5.94. The zero-order chi connectivity index (χ0) is 18.3. The van der Waals surface area contributed by atoms with Crippen molar-refractivity contribution in [3.8, 4) is 17.6 Å². The van der Waals surface area contributed by atoms with Gasteiger partial charge in [0.15, 0.2) is 17.2 Å². The van der Waals surface area contributed by atoms with Crippen molar-refractivity contribution in [3.63, 3.8) is 0 Å². The molecule has 0 N–H and O–H groups in total. The van der Waals surface area contributed by atoms with Crippen LogP contribution in [0.5, 0.6) is 0 Å². The van der Waals surface area contributed by atoms with Crippen LogP contribution in [0.4, 0.5) is 19.0 Å². The highest BCUT2D eigenvalue weighted by molar-refractivity contribution is 5.58. The summed E-state index contributed by atoms with van der Waals surface area (Å²) in [6.07, 6.45) is 1.11. The molecule has 1 saturated heterocycles. The van der Waals surface area contributed by atoms with E-state index in [1.807, 2.05) is 4.90 Å². The fraction of sp³-hybridized carbons (Fsp3) is 0.312. The van der Waals surface area contributed by atoms with E-state index >= 15 is 0 Å². The van der Waals surface area contributed by atoms with Crippen LogP contribution in [-0.2, 0) is 6.18 Å². The molecule has 0 aromatic carbocycles. The van der Waals surface area contributed by atoms with Crippen LogP contribution in [0.3, 0.4) is 0 Å². The maximum atomic E-state index is 12.9. The van der Waals surface area contributed by atoms with Crippen molar-refractivity contribution in [2.45, 2.75) is 12.6 Å². The number of alkyl halides is 3. The molecule has 132 valence electrons. The molecule has 0 saturated carbocycles. The van der Waals surface area contributed by atoms with Gasteiger partial charge in [0.05, 0.1) is 24.4 Å². The number of nitrogens with zero attached hydrogens (tertiary/aromatic N) is 7. The molecule has 0 unspecified atom stereocenters. The fourth-order valence-corrected chi connectivity index (χ4v) is 2.92. The summed E-state index contributed by atoms with van der Waals surface area (Å²) in [6.45, 7) is 1.27. The van der Waals surface area contributed by atoms with Crippen LogP contribution in [0.1, 0.15) is 12.1 Å². The molecule has 7 nitrogen and oxygen atoms in total. The minimum Gasteiger partial charge on any atom is -0.355 e. The Labute approximate surface area is 145 Å². The number of rotatable bonds is 2. The van der Waals surface area contributed by atoms with Crippen molar-refractivity contribution in [1.29, 1.82) is 5.26 Å². The first kappa shape index (κ1) is 16.3. The Bertz CT molecular complexity index is 1000. The summed E-state index contributed by atoms with van der Waals surface area (Å²) in [5.41, 5.74) is -0.407. The number of hydrogen-bond acceptors (Lipinski definition) is 6. The lowest BCUT2D eigenvalue weighted by atomic mass is 10.1. The number of nitriles is 1. The Morgan fingerprint density at radius 2 is 2.04 bits per heavy atom. The number of anilines is 1. The quantitative estimate of drug-likeness (QED) is 0.699. The van der Waals surface area contributed by atoms with Gasteiger partial charge < -0.3 is 4.90 Å². The lowest BCUT2D eigenvalue weighted by Gasteiger charge is -2.16. The van der Waals surface area contributed by atoms with Crippen molar-refractivity contribution in [2.24, 2.45) is 5.92 Å². The van der Waals surface area contributed by atoms with Crippen LogP contribution < -0.4 is 4.90 Å². The number of hydrogen-bond donors (Lipinski definition) is 0. The summed E-state index contributed by atoms with van der Waals surface area (Å²) >= 11 is 0. The predicted molar refractivity (Wildman–Crippen MR) is 84.9 cm³/mol. The molecule has 1 aliphatic heterocycles. The fourth-order valence-electron chi connectivity index (χ4n) is 2.92. The third kappa shape index (κ3) is 2.81. The van der Waals surface area contributed by atoms with Gasteiger partial charge in [0.2, 0.25) is 0 Å². The standard InChI is InChI=1S/C16H12F3N7/c17-16(18,19)12-9-26-11(6-23-14(26)7-22-12)15-21-3-1-13(24-15)25-4-2-10(5-20)8-25/h1,3,6-7,9-10H,2,4,8H2/t10-/m0/s1. The predicted octanol–water partition coefficient (Wildman–Crippen LogP) is 2.55. The van der Waals surface area contributed by atoms with Gasteiger partial charge in [-0.3, -0.25) is 4.40 Å². The molecule has 4 heterocycles. The lowest BCUT2D eigenvalue weighted by molar-refractivity contribution is -0.141. The van der Waals surface area contributed by atoms with E-state index in [0.717, 1.165) is 18.8 Å². The summed E-state index contributed by atoms with van der Waals surface area (Å²) in [7, 11) is 0. The van der Waals surface area contributed by atoms with Gasteiger partial charge in [0.25, 0.3) is 0 Å². The topological polar surface area (TPSA) is 83.0 Å². The molecule has 0 aliphatic carbocycles. The Morgan fingerprint density at radius 1 is 1.19 bits per heavy atom. The van der Waals surface area contributed by atoms with Gasteiger partial charge in [-0.1, -0.05) is 0 Å². The van der Waals surface area contributed by atoms with Gasteiger partial charge in [-0.2, -0.15) is 18.4 Å². The third-order valence-electron chi connectivity index (χ3n) is 4.25. The molecule has 0 amide bonds. The highest BCUT2D eigenvalue weighted by Crippen LogP contribution is 2.29. The molecular weight excluding hydrogens is 347 g/mol. The van der Waals surface area contributed by atoms with Gasteiger partial charge in [-0.25, -0.2) is 19.9 Å². The molecule has 3 aromatic heterocycles. The van der Waals surface area contributed by atoms with Crippen molar-refractivity contribution in [1.82, 2.24) is 24.3 Å².